The van der Waals surface area contributed by atoms with E-state index >= 15 is 0 Å². The SMILES string of the molecule is COc1nc(OC)nc(On2ccccc2=O)n1. The third-order valence-corrected chi connectivity index (χ3v) is 1.91. The van der Waals surface area contributed by atoms with E-state index in [1.807, 2.05) is 0 Å². The molecule has 0 saturated heterocycles. The van der Waals surface area contributed by atoms with Crippen LogP contribution >= 0.6 is 0 Å². The Balaban J connectivity index is 2.34. The lowest BCUT2D eigenvalue weighted by Crippen LogP contribution is -2.23. The summed E-state index contributed by atoms with van der Waals surface area (Å²) in [6.07, 6.45) is 1.44. The molecule has 94 valence electrons. The van der Waals surface area contributed by atoms with Crippen LogP contribution in [0.5, 0.6) is 18.0 Å². The van der Waals surface area contributed by atoms with Gasteiger partial charge in [0.15, 0.2) is 0 Å². The van der Waals surface area contributed by atoms with Crippen LogP contribution in [0, 0.1) is 0 Å². The molecule has 0 fully saturated rings. The molecule has 2 aromatic rings. The second-order valence-electron chi connectivity index (χ2n) is 3.05. The van der Waals surface area contributed by atoms with E-state index in [1.54, 1.807) is 12.1 Å². The van der Waals surface area contributed by atoms with Gasteiger partial charge in [0, 0.05) is 12.3 Å². The topological polar surface area (TPSA) is 88.4 Å². The van der Waals surface area contributed by atoms with Crippen molar-refractivity contribution >= 4 is 0 Å². The lowest BCUT2D eigenvalue weighted by Gasteiger charge is -2.06. The molecule has 0 N–H and O–H groups in total. The van der Waals surface area contributed by atoms with Gasteiger partial charge in [-0.1, -0.05) is 6.07 Å². The van der Waals surface area contributed by atoms with E-state index in [4.69, 9.17) is 14.3 Å². The van der Waals surface area contributed by atoms with Gasteiger partial charge < -0.3 is 14.3 Å². The van der Waals surface area contributed by atoms with Gasteiger partial charge in [-0.3, -0.25) is 4.79 Å². The number of hydrogen-bond acceptors (Lipinski definition) is 7. The van der Waals surface area contributed by atoms with Crippen molar-refractivity contribution in [1.82, 2.24) is 19.7 Å². The van der Waals surface area contributed by atoms with Crippen molar-refractivity contribution in [2.75, 3.05) is 14.2 Å². The highest BCUT2D eigenvalue weighted by Crippen LogP contribution is 2.13. The maximum atomic E-state index is 11.4. The Hall–Kier alpha value is -2.64. The second kappa shape index (κ2) is 5.13. The van der Waals surface area contributed by atoms with Crippen molar-refractivity contribution in [1.29, 1.82) is 0 Å². The fourth-order valence-electron chi connectivity index (χ4n) is 1.12. The molecule has 0 spiro atoms. The monoisotopic (exact) mass is 250 g/mol. The van der Waals surface area contributed by atoms with E-state index in [0.717, 1.165) is 4.73 Å². The quantitative estimate of drug-likeness (QED) is 0.748. The summed E-state index contributed by atoms with van der Waals surface area (Å²) in [6.45, 7) is 0. The van der Waals surface area contributed by atoms with Crippen molar-refractivity contribution in [2.45, 2.75) is 0 Å². The van der Waals surface area contributed by atoms with Crippen LogP contribution in [-0.4, -0.2) is 33.9 Å². The van der Waals surface area contributed by atoms with E-state index in [2.05, 4.69) is 15.0 Å². The highest BCUT2D eigenvalue weighted by Gasteiger charge is 2.09. The van der Waals surface area contributed by atoms with E-state index in [-0.39, 0.29) is 23.6 Å². The van der Waals surface area contributed by atoms with Crippen molar-refractivity contribution in [3.8, 4) is 18.0 Å². The summed E-state index contributed by atoms with van der Waals surface area (Å²) in [6, 6.07) is 4.53. The zero-order chi connectivity index (χ0) is 13.0. The van der Waals surface area contributed by atoms with E-state index in [1.165, 1.54) is 26.5 Å². The average Bonchev–Trinajstić information content (AvgIpc) is 2.41. The van der Waals surface area contributed by atoms with E-state index in [9.17, 15) is 4.79 Å². The van der Waals surface area contributed by atoms with Crippen LogP contribution in [0.2, 0.25) is 0 Å². The summed E-state index contributed by atoms with van der Waals surface area (Å²) < 4.78 is 10.7. The summed E-state index contributed by atoms with van der Waals surface area (Å²) in [5.41, 5.74) is -0.351. The molecule has 0 aliphatic rings. The first kappa shape index (κ1) is 11.8. The molecule has 0 saturated carbocycles. The molecule has 0 amide bonds. The second-order valence-corrected chi connectivity index (χ2v) is 3.05. The molecule has 2 heterocycles. The van der Waals surface area contributed by atoms with Crippen molar-refractivity contribution in [3.05, 3.63) is 34.7 Å². The van der Waals surface area contributed by atoms with Crippen LogP contribution in [0.4, 0.5) is 0 Å². The maximum Gasteiger partial charge on any atom is 0.352 e. The van der Waals surface area contributed by atoms with E-state index < -0.39 is 0 Å². The highest BCUT2D eigenvalue weighted by atomic mass is 16.7. The fourth-order valence-corrected chi connectivity index (χ4v) is 1.12. The highest BCUT2D eigenvalue weighted by molar-refractivity contribution is 5.08. The molecule has 0 aromatic carbocycles. The van der Waals surface area contributed by atoms with Crippen molar-refractivity contribution < 1.29 is 14.3 Å². The summed E-state index contributed by atoms with van der Waals surface area (Å²) in [5.74, 6) is 0. The molecular formula is C10H10N4O4. The van der Waals surface area contributed by atoms with E-state index in [0.29, 0.717) is 0 Å². The molecule has 2 rings (SSSR count). The average molecular weight is 250 g/mol. The van der Waals surface area contributed by atoms with Crippen LogP contribution in [0.1, 0.15) is 0 Å². The Morgan fingerprint density at radius 1 is 1.00 bits per heavy atom. The zero-order valence-corrected chi connectivity index (χ0v) is 9.73. The first-order chi connectivity index (χ1) is 8.72. The Morgan fingerprint density at radius 3 is 2.17 bits per heavy atom. The standard InChI is InChI=1S/C10H10N4O4/c1-16-8-11-9(17-2)13-10(12-8)18-14-6-4-3-5-7(14)15/h3-6H,1-2H3. The molecule has 8 nitrogen and oxygen atoms in total. The number of pyridine rings is 1. The molecule has 0 unspecified atom stereocenters. The van der Waals surface area contributed by atoms with Gasteiger partial charge in [-0.15, -0.1) is 19.7 Å². The van der Waals surface area contributed by atoms with Gasteiger partial charge >= 0.3 is 18.0 Å². The normalized spacial score (nSPS) is 9.89. The van der Waals surface area contributed by atoms with Gasteiger partial charge in [0.25, 0.3) is 5.56 Å². The predicted octanol–water partition coefficient (Wildman–Crippen LogP) is -0.107. The smallest absolute Gasteiger partial charge is 0.352 e. The Labute approximate surface area is 102 Å². The van der Waals surface area contributed by atoms with Crippen LogP contribution in [0.3, 0.4) is 0 Å². The van der Waals surface area contributed by atoms with Gasteiger partial charge in [0.05, 0.1) is 14.2 Å². The molecule has 0 atom stereocenters. The van der Waals surface area contributed by atoms with Crippen molar-refractivity contribution in [2.24, 2.45) is 0 Å². The molecule has 2 aromatic heterocycles. The number of aromatic nitrogens is 4. The van der Waals surface area contributed by atoms with Gasteiger partial charge in [0.2, 0.25) is 0 Å². The largest absolute Gasteiger partial charge is 0.467 e. The minimum Gasteiger partial charge on any atom is -0.467 e. The zero-order valence-electron chi connectivity index (χ0n) is 9.73. The Kier molecular flexibility index (Phi) is 3.37. The van der Waals surface area contributed by atoms with Gasteiger partial charge in [-0.05, 0) is 6.07 Å². The summed E-state index contributed by atoms with van der Waals surface area (Å²) in [7, 11) is 2.79. The number of nitrogens with zero attached hydrogens (tertiary/aromatic N) is 4. The third kappa shape index (κ3) is 2.54. The maximum absolute atomic E-state index is 11.4. The number of methoxy groups -OCH3 is 2. The Morgan fingerprint density at radius 2 is 1.61 bits per heavy atom. The molecule has 0 aliphatic heterocycles. The van der Waals surface area contributed by atoms with Crippen LogP contribution in [-0.2, 0) is 0 Å². The molecule has 0 bridgehead atoms. The molecule has 0 radical (unpaired) electrons. The summed E-state index contributed by atoms with van der Waals surface area (Å²) in [5, 5.41) is 0. The Bertz CT molecular complexity index is 576. The molecule has 8 heteroatoms. The number of ether oxygens (including phenoxy) is 2. The van der Waals surface area contributed by atoms with Crippen LogP contribution in [0.25, 0.3) is 0 Å². The minimum absolute atomic E-state index is 0.0285. The first-order valence-electron chi connectivity index (χ1n) is 4.93. The molecular weight excluding hydrogens is 240 g/mol. The summed E-state index contributed by atoms with van der Waals surface area (Å²) >= 11 is 0. The van der Waals surface area contributed by atoms with Gasteiger partial charge in [-0.2, -0.15) is 0 Å². The number of rotatable bonds is 4. The number of hydrogen-bond donors (Lipinski definition) is 0. The fraction of sp³-hybridized carbons (Fsp3) is 0.200. The first-order valence-corrected chi connectivity index (χ1v) is 4.93. The van der Waals surface area contributed by atoms with Crippen LogP contribution in [0.15, 0.2) is 29.2 Å². The lowest BCUT2D eigenvalue weighted by molar-refractivity contribution is 0.177. The predicted molar refractivity (Wildman–Crippen MR) is 59.7 cm³/mol. The summed E-state index contributed by atoms with van der Waals surface area (Å²) in [4.78, 5) is 28.1. The minimum atomic E-state index is -0.351. The van der Waals surface area contributed by atoms with Crippen LogP contribution < -0.4 is 19.9 Å². The van der Waals surface area contributed by atoms with Gasteiger partial charge in [0.1, 0.15) is 0 Å². The van der Waals surface area contributed by atoms with Crippen molar-refractivity contribution in [3.63, 3.8) is 0 Å². The third-order valence-electron chi connectivity index (χ3n) is 1.91. The molecule has 0 aliphatic carbocycles. The molecule has 18 heavy (non-hydrogen) atoms. The lowest BCUT2D eigenvalue weighted by atomic mass is 10.5. The van der Waals surface area contributed by atoms with Gasteiger partial charge in [-0.25, -0.2) is 0 Å².